The minimum absolute atomic E-state index is 0.133. The van der Waals surface area contributed by atoms with Crippen molar-refractivity contribution < 1.29 is 24.5 Å². The van der Waals surface area contributed by atoms with E-state index in [0.29, 0.717) is 12.4 Å². The van der Waals surface area contributed by atoms with Crippen molar-refractivity contribution in [2.75, 3.05) is 13.2 Å². The van der Waals surface area contributed by atoms with Crippen molar-refractivity contribution in [3.05, 3.63) is 65.7 Å². The van der Waals surface area contributed by atoms with Crippen LogP contribution in [0.15, 0.2) is 54.6 Å². The Kier molecular flexibility index (Phi) is 10.3. The largest absolute Gasteiger partial charge is 0.489 e. The summed E-state index contributed by atoms with van der Waals surface area (Å²) in [6, 6.07) is 16.1. The van der Waals surface area contributed by atoms with Gasteiger partial charge in [0, 0.05) is 0 Å². The lowest BCUT2D eigenvalue weighted by Crippen LogP contribution is -2.59. The molecule has 0 bridgehead atoms. The van der Waals surface area contributed by atoms with Crippen molar-refractivity contribution in [2.24, 2.45) is 16.2 Å². The number of hydrogen-bond acceptors (Lipinski definition) is 5. The third-order valence-electron chi connectivity index (χ3n) is 6.80. The lowest BCUT2D eigenvalue weighted by molar-refractivity contribution is -0.144. The lowest BCUT2D eigenvalue weighted by atomic mass is 9.78. The fraction of sp³-hybridized carbons (Fsp3) is 0.533. The number of aliphatic hydroxyl groups excluding tert-OH is 2. The Morgan fingerprint density at radius 1 is 0.730 bits per heavy atom. The average Bonchev–Trinajstić information content (AvgIpc) is 2.84. The minimum atomic E-state index is -1.48. The topological polar surface area (TPSA) is 108 Å². The molecule has 204 valence electrons. The quantitative estimate of drug-likeness (QED) is 0.342. The number of amides is 2. The van der Waals surface area contributed by atoms with Crippen LogP contribution >= 0.6 is 0 Å². The fourth-order valence-corrected chi connectivity index (χ4v) is 3.82. The summed E-state index contributed by atoms with van der Waals surface area (Å²) in [6.45, 7) is 13.1. The Morgan fingerprint density at radius 3 is 1.59 bits per heavy atom. The summed E-state index contributed by atoms with van der Waals surface area (Å²) < 4.78 is 5.87. The van der Waals surface area contributed by atoms with Gasteiger partial charge in [0.05, 0.1) is 25.3 Å². The zero-order valence-corrected chi connectivity index (χ0v) is 23.3. The SMILES string of the molecule is CC(Cc1ccc(OCc2ccccc2)cc1)(C(=O)N[C@H](CO)C(C)(C)C)C(=O)N[C@H](CO)C(C)(C)C. The standard InChI is InChI=1S/C30H44N2O5/c1-28(2,3)24(18-33)31-26(35)30(7,27(36)32-25(19-34)29(4,5)6)17-21-13-15-23(16-14-21)37-20-22-11-9-8-10-12-22/h8-16,24-25,33-34H,17-20H2,1-7H3,(H,31,35)(H,32,36)/t24-,25-/m1/s1. The van der Waals surface area contributed by atoms with Crippen LogP contribution in [0.25, 0.3) is 0 Å². The van der Waals surface area contributed by atoms with Crippen LogP contribution in [0.2, 0.25) is 0 Å². The van der Waals surface area contributed by atoms with E-state index in [2.05, 4.69) is 10.6 Å². The molecular formula is C30H44N2O5. The van der Waals surface area contributed by atoms with Crippen molar-refractivity contribution in [1.82, 2.24) is 10.6 Å². The van der Waals surface area contributed by atoms with E-state index in [1.54, 1.807) is 6.92 Å². The van der Waals surface area contributed by atoms with Gasteiger partial charge in [-0.2, -0.15) is 0 Å². The lowest BCUT2D eigenvalue weighted by Gasteiger charge is -2.37. The summed E-state index contributed by atoms with van der Waals surface area (Å²) in [7, 11) is 0. The molecule has 2 rings (SSSR count). The van der Waals surface area contributed by atoms with E-state index in [0.717, 1.165) is 11.1 Å². The van der Waals surface area contributed by atoms with Gasteiger partial charge < -0.3 is 25.6 Å². The number of rotatable bonds is 11. The van der Waals surface area contributed by atoms with Crippen molar-refractivity contribution in [3.8, 4) is 5.75 Å². The van der Waals surface area contributed by atoms with Crippen LogP contribution in [0.4, 0.5) is 0 Å². The van der Waals surface area contributed by atoms with Gasteiger partial charge in [0.1, 0.15) is 17.8 Å². The second-order valence-electron chi connectivity index (χ2n) is 12.1. The number of carbonyl (C=O) groups excluding carboxylic acids is 2. The molecule has 2 aromatic carbocycles. The third-order valence-corrected chi connectivity index (χ3v) is 6.80. The summed E-state index contributed by atoms with van der Waals surface area (Å²) >= 11 is 0. The summed E-state index contributed by atoms with van der Waals surface area (Å²) in [5.74, 6) is -0.271. The number of hydrogen-bond donors (Lipinski definition) is 4. The third kappa shape index (κ3) is 8.58. The maximum atomic E-state index is 13.6. The van der Waals surface area contributed by atoms with E-state index in [4.69, 9.17) is 4.74 Å². The molecular weight excluding hydrogens is 468 g/mol. The van der Waals surface area contributed by atoms with Crippen molar-refractivity contribution in [2.45, 2.75) is 73.6 Å². The predicted molar refractivity (Wildman–Crippen MR) is 146 cm³/mol. The summed E-state index contributed by atoms with van der Waals surface area (Å²) in [4.78, 5) is 27.2. The van der Waals surface area contributed by atoms with Crippen LogP contribution < -0.4 is 15.4 Å². The smallest absolute Gasteiger partial charge is 0.236 e. The predicted octanol–water partition coefficient (Wildman–Crippen LogP) is 3.86. The summed E-state index contributed by atoms with van der Waals surface area (Å²) in [6.07, 6.45) is 0.133. The van der Waals surface area contributed by atoms with E-state index >= 15 is 0 Å². The zero-order valence-electron chi connectivity index (χ0n) is 23.3. The first-order valence-corrected chi connectivity index (χ1v) is 12.8. The molecule has 0 aliphatic carbocycles. The van der Waals surface area contributed by atoms with Gasteiger partial charge in [-0.1, -0.05) is 84.0 Å². The van der Waals surface area contributed by atoms with Gasteiger partial charge >= 0.3 is 0 Å². The van der Waals surface area contributed by atoms with Crippen molar-refractivity contribution in [1.29, 1.82) is 0 Å². The Bertz CT molecular complexity index is 971. The van der Waals surface area contributed by atoms with Crippen LogP contribution in [0.5, 0.6) is 5.75 Å². The van der Waals surface area contributed by atoms with Crippen LogP contribution in [-0.2, 0) is 22.6 Å². The Morgan fingerprint density at radius 2 is 1.19 bits per heavy atom. The van der Waals surface area contributed by atoms with Gasteiger partial charge in [0.15, 0.2) is 0 Å². The van der Waals surface area contributed by atoms with Gasteiger partial charge in [0.25, 0.3) is 0 Å². The molecule has 0 saturated heterocycles. The molecule has 0 fully saturated rings. The molecule has 0 unspecified atom stereocenters. The molecule has 0 saturated carbocycles. The van der Waals surface area contributed by atoms with Gasteiger partial charge in [-0.05, 0) is 47.4 Å². The molecule has 0 aliphatic rings. The van der Waals surface area contributed by atoms with Gasteiger partial charge in [-0.15, -0.1) is 0 Å². The van der Waals surface area contributed by atoms with Crippen LogP contribution in [0, 0.1) is 16.2 Å². The van der Waals surface area contributed by atoms with Gasteiger partial charge in [0.2, 0.25) is 11.8 Å². The maximum absolute atomic E-state index is 13.6. The van der Waals surface area contributed by atoms with E-state index in [-0.39, 0.29) is 19.6 Å². The van der Waals surface area contributed by atoms with Crippen molar-refractivity contribution >= 4 is 11.8 Å². The highest BCUT2D eigenvalue weighted by atomic mass is 16.5. The Labute approximate surface area is 221 Å². The average molecular weight is 513 g/mol. The molecule has 7 nitrogen and oxygen atoms in total. The monoisotopic (exact) mass is 512 g/mol. The Hall–Kier alpha value is -2.90. The van der Waals surface area contributed by atoms with Gasteiger partial charge in [-0.25, -0.2) is 0 Å². The van der Waals surface area contributed by atoms with E-state index in [9.17, 15) is 19.8 Å². The van der Waals surface area contributed by atoms with Gasteiger partial charge in [-0.3, -0.25) is 9.59 Å². The molecule has 0 spiro atoms. The van der Waals surface area contributed by atoms with Crippen LogP contribution in [0.1, 0.15) is 59.6 Å². The molecule has 0 heterocycles. The van der Waals surface area contributed by atoms with Crippen LogP contribution in [-0.4, -0.2) is 47.3 Å². The number of carbonyl (C=O) groups is 2. The van der Waals surface area contributed by atoms with Crippen LogP contribution in [0.3, 0.4) is 0 Å². The summed E-state index contributed by atoms with van der Waals surface area (Å²) in [5.41, 5.74) is -0.449. The molecule has 2 amide bonds. The molecule has 7 heteroatoms. The molecule has 4 N–H and O–H groups in total. The number of ether oxygens (including phenoxy) is 1. The first-order valence-electron chi connectivity index (χ1n) is 12.8. The summed E-state index contributed by atoms with van der Waals surface area (Å²) in [5, 5.41) is 25.6. The minimum Gasteiger partial charge on any atom is -0.489 e. The van der Waals surface area contributed by atoms with Crippen molar-refractivity contribution in [3.63, 3.8) is 0 Å². The molecule has 37 heavy (non-hydrogen) atoms. The number of aliphatic hydroxyl groups is 2. The second-order valence-corrected chi connectivity index (χ2v) is 12.1. The first kappa shape index (κ1) is 30.3. The molecule has 0 aromatic heterocycles. The van der Waals surface area contributed by atoms with E-state index < -0.39 is 40.1 Å². The number of nitrogens with one attached hydrogen (secondary N) is 2. The zero-order chi connectivity index (χ0) is 27.9. The molecule has 2 aromatic rings. The second kappa shape index (κ2) is 12.6. The fourth-order valence-electron chi connectivity index (χ4n) is 3.82. The molecule has 0 radical (unpaired) electrons. The first-order chi connectivity index (χ1) is 17.2. The highest BCUT2D eigenvalue weighted by Gasteiger charge is 2.44. The highest BCUT2D eigenvalue weighted by molar-refractivity contribution is 6.05. The normalized spacial score (nSPS) is 14.0. The maximum Gasteiger partial charge on any atom is 0.236 e. The molecule has 2 atom stereocenters. The van der Waals surface area contributed by atoms with E-state index in [1.807, 2.05) is 96.1 Å². The van der Waals surface area contributed by atoms with E-state index in [1.165, 1.54) is 0 Å². The Balaban J connectivity index is 2.27. The number of benzene rings is 2. The molecule has 0 aliphatic heterocycles. The highest BCUT2D eigenvalue weighted by Crippen LogP contribution is 2.29.